The average molecular weight is 640 g/mol. The maximum Gasteiger partial charge on any atom is 0.282 e. The zero-order chi connectivity index (χ0) is 31.8. The Morgan fingerprint density at radius 3 is 2.45 bits per heavy atom. The number of nitrogens with zero attached hydrogens (tertiary/aromatic N) is 1. The monoisotopic (exact) mass is 639 g/mol. The zero-order valence-electron chi connectivity index (χ0n) is 23.6. The van der Waals surface area contributed by atoms with Crippen LogP contribution in [0.15, 0.2) is 83.8 Å². The molecule has 1 aliphatic rings. The second kappa shape index (κ2) is 11.8. The number of halogens is 2. The van der Waals surface area contributed by atoms with Crippen molar-refractivity contribution in [1.82, 2.24) is 9.29 Å². The van der Waals surface area contributed by atoms with Gasteiger partial charge >= 0.3 is 0 Å². The molecule has 3 aromatic carbocycles. The summed E-state index contributed by atoms with van der Waals surface area (Å²) in [6.45, 7) is 1.63. The summed E-state index contributed by atoms with van der Waals surface area (Å²) in [7, 11) is -8.31. The van der Waals surface area contributed by atoms with Gasteiger partial charge in [0.2, 0.25) is 10.0 Å². The molecule has 0 saturated heterocycles. The third-order valence-electron chi connectivity index (χ3n) is 7.04. The van der Waals surface area contributed by atoms with E-state index in [0.29, 0.717) is 23.4 Å². The molecule has 13 heteroatoms. The Labute approximate surface area is 253 Å². The van der Waals surface area contributed by atoms with Crippen molar-refractivity contribution in [3.8, 4) is 0 Å². The highest BCUT2D eigenvalue weighted by molar-refractivity contribution is 7.92. The van der Waals surface area contributed by atoms with Gasteiger partial charge in [-0.3, -0.25) is 14.3 Å². The minimum Gasteiger partial charge on any atom is -0.331 e. The van der Waals surface area contributed by atoms with Gasteiger partial charge in [0.05, 0.1) is 17.7 Å². The molecule has 2 N–H and O–H groups in total. The maximum atomic E-state index is 14.9. The van der Waals surface area contributed by atoms with Crippen LogP contribution < -0.4 is 9.44 Å². The summed E-state index contributed by atoms with van der Waals surface area (Å²) < 4.78 is 84.5. The molecule has 0 radical (unpaired) electrons. The summed E-state index contributed by atoms with van der Waals surface area (Å²) in [6, 6.07) is 13.2. The van der Waals surface area contributed by atoms with Gasteiger partial charge in [0, 0.05) is 45.8 Å². The molecule has 4 aromatic rings. The fraction of sp³-hybridized carbons (Fsp3) is 0.161. The number of carbonyl (C=O) groups excluding carboxylic acids is 2. The number of hydrogen-bond acceptors (Lipinski definition) is 6. The van der Waals surface area contributed by atoms with E-state index in [1.807, 2.05) is 11.6 Å². The third kappa shape index (κ3) is 6.33. The molecule has 0 atom stereocenters. The smallest absolute Gasteiger partial charge is 0.282 e. The summed E-state index contributed by atoms with van der Waals surface area (Å²) >= 11 is 0. The van der Waals surface area contributed by atoms with Gasteiger partial charge < -0.3 is 4.57 Å². The molecule has 1 aromatic heterocycles. The Morgan fingerprint density at radius 1 is 1.00 bits per heavy atom. The summed E-state index contributed by atoms with van der Waals surface area (Å²) in [4.78, 5) is 26.8. The number of fused-ring (bicyclic) bond motifs is 1. The highest BCUT2D eigenvalue weighted by atomic mass is 32.2. The van der Waals surface area contributed by atoms with Gasteiger partial charge in [0.15, 0.2) is 5.78 Å². The predicted molar refractivity (Wildman–Crippen MR) is 163 cm³/mol. The minimum atomic E-state index is -4.59. The average Bonchev–Trinajstić information content (AvgIpc) is 3.27. The first-order valence-corrected chi connectivity index (χ1v) is 16.8. The molecule has 0 saturated carbocycles. The highest BCUT2D eigenvalue weighted by Gasteiger charge is 2.31. The second-order valence-electron chi connectivity index (χ2n) is 10.2. The van der Waals surface area contributed by atoms with E-state index in [9.17, 15) is 35.2 Å². The fourth-order valence-electron chi connectivity index (χ4n) is 5.05. The molecule has 0 fully saturated rings. The van der Waals surface area contributed by atoms with Crippen LogP contribution in [0, 0.1) is 11.6 Å². The van der Waals surface area contributed by atoms with E-state index in [1.165, 1.54) is 34.9 Å². The molecule has 44 heavy (non-hydrogen) atoms. The number of aryl methyl sites for hydroxylation is 1. The summed E-state index contributed by atoms with van der Waals surface area (Å²) in [5, 5.41) is 0.476. The minimum absolute atomic E-state index is 0.0229. The van der Waals surface area contributed by atoms with Gasteiger partial charge in [0.1, 0.15) is 17.3 Å². The predicted octanol–water partition coefficient (Wildman–Crippen LogP) is 4.93. The number of Topliss-reactive ketones (excluding diaryl/α,β-unsaturated/α-hetero) is 1. The number of ketones is 1. The Morgan fingerprint density at radius 2 is 1.77 bits per heavy atom. The number of allylic oxidation sites excluding steroid dienone is 4. The first-order valence-electron chi connectivity index (χ1n) is 13.4. The molecule has 228 valence electrons. The van der Waals surface area contributed by atoms with E-state index < -0.39 is 42.5 Å². The van der Waals surface area contributed by atoms with E-state index in [4.69, 9.17) is 0 Å². The van der Waals surface area contributed by atoms with Crippen molar-refractivity contribution >= 4 is 53.9 Å². The van der Waals surface area contributed by atoms with Crippen LogP contribution in [0.1, 0.15) is 40.5 Å². The third-order valence-corrected chi connectivity index (χ3v) is 8.98. The number of rotatable bonds is 9. The summed E-state index contributed by atoms with van der Waals surface area (Å²) in [5.41, 5.74) is 1.40. The van der Waals surface area contributed by atoms with E-state index in [2.05, 4.69) is 4.72 Å². The van der Waals surface area contributed by atoms with Crippen molar-refractivity contribution in [2.75, 3.05) is 11.0 Å². The summed E-state index contributed by atoms with van der Waals surface area (Å²) in [6.07, 6.45) is 6.42. The van der Waals surface area contributed by atoms with Crippen LogP contribution in [0.25, 0.3) is 16.5 Å². The first-order chi connectivity index (χ1) is 20.8. The van der Waals surface area contributed by atoms with Crippen molar-refractivity contribution in [2.24, 2.45) is 0 Å². The fourth-order valence-corrected chi connectivity index (χ4v) is 6.60. The Bertz CT molecular complexity index is 2120. The molecule has 0 unspecified atom stereocenters. The number of anilines is 1. The van der Waals surface area contributed by atoms with Crippen LogP contribution in [0.5, 0.6) is 0 Å². The van der Waals surface area contributed by atoms with E-state index in [-0.39, 0.29) is 46.8 Å². The number of nitrogens with one attached hydrogen (secondary N) is 2. The molecule has 1 aliphatic carbocycles. The number of carbonyl (C=O) groups is 2. The number of sulfonamides is 2. The van der Waals surface area contributed by atoms with Crippen LogP contribution >= 0.6 is 0 Å². The Hall–Kier alpha value is -4.62. The van der Waals surface area contributed by atoms with Gasteiger partial charge in [-0.05, 0) is 48.4 Å². The Kier molecular flexibility index (Phi) is 8.28. The van der Waals surface area contributed by atoms with Crippen molar-refractivity contribution < 1.29 is 35.2 Å². The van der Waals surface area contributed by atoms with Gasteiger partial charge in [-0.2, -0.15) is 0 Å². The summed E-state index contributed by atoms with van der Waals surface area (Å²) in [5.74, 6) is -3.08. The first kappa shape index (κ1) is 30.8. The van der Waals surface area contributed by atoms with E-state index >= 15 is 0 Å². The van der Waals surface area contributed by atoms with Crippen LogP contribution in [-0.2, 0) is 37.8 Å². The van der Waals surface area contributed by atoms with Crippen molar-refractivity contribution in [2.45, 2.75) is 31.2 Å². The van der Waals surface area contributed by atoms with Crippen molar-refractivity contribution in [3.63, 3.8) is 0 Å². The SMILES string of the molecule is CCc1ccc2c(c1)c(C1=CC=CCC1=O)c(C(=O)NS(=O)(=O)c1cccc(NS(C)(=O)=O)c1)n2Cc1ccc(F)cc1F. The van der Waals surface area contributed by atoms with Crippen LogP contribution in [0.4, 0.5) is 14.5 Å². The zero-order valence-corrected chi connectivity index (χ0v) is 25.2. The maximum absolute atomic E-state index is 14.9. The molecule has 5 rings (SSSR count). The van der Waals surface area contributed by atoms with E-state index in [1.54, 1.807) is 30.4 Å². The molecule has 0 spiro atoms. The lowest BCUT2D eigenvalue weighted by atomic mass is 9.93. The van der Waals surface area contributed by atoms with Gasteiger partial charge in [-0.25, -0.2) is 30.3 Å². The van der Waals surface area contributed by atoms with Crippen molar-refractivity contribution in [3.05, 3.63) is 113 Å². The van der Waals surface area contributed by atoms with E-state index in [0.717, 1.165) is 24.0 Å². The standard InChI is InChI=1S/C31H27F2N3O6S2/c1-3-19-11-14-27-25(15-19)29(24-9-4-5-10-28(24)37)30(36(27)18-20-12-13-21(32)16-26(20)33)31(38)35-44(41,42)23-8-6-7-22(17-23)34-43(2,39)40/h4-9,11-17,34H,3,10,18H2,1-2H3,(H,35,38). The molecule has 9 nitrogen and oxygen atoms in total. The molecule has 0 bridgehead atoms. The molecule has 0 aliphatic heterocycles. The lowest BCUT2D eigenvalue weighted by Gasteiger charge is -2.15. The number of hydrogen-bond donors (Lipinski definition) is 2. The van der Waals surface area contributed by atoms with Crippen molar-refractivity contribution in [1.29, 1.82) is 0 Å². The quantitative estimate of drug-likeness (QED) is 0.267. The van der Waals surface area contributed by atoms with Crippen LogP contribution in [-0.4, -0.2) is 39.3 Å². The number of benzene rings is 3. The van der Waals surface area contributed by atoms with Crippen LogP contribution in [0.2, 0.25) is 0 Å². The van der Waals surface area contributed by atoms with Gasteiger partial charge in [-0.15, -0.1) is 0 Å². The van der Waals surface area contributed by atoms with Gasteiger partial charge in [-0.1, -0.05) is 43.4 Å². The molecule has 1 heterocycles. The molecule has 1 amide bonds. The lowest BCUT2D eigenvalue weighted by molar-refractivity contribution is -0.113. The van der Waals surface area contributed by atoms with Gasteiger partial charge in [0.25, 0.3) is 15.9 Å². The number of aromatic nitrogens is 1. The normalized spacial score (nSPS) is 13.6. The largest absolute Gasteiger partial charge is 0.331 e. The number of amides is 1. The highest BCUT2D eigenvalue weighted by Crippen LogP contribution is 2.36. The molecular formula is C31H27F2N3O6S2. The lowest BCUT2D eigenvalue weighted by Crippen LogP contribution is -2.33. The second-order valence-corrected chi connectivity index (χ2v) is 13.7. The molecular weight excluding hydrogens is 612 g/mol. The Balaban J connectivity index is 1.71. The topological polar surface area (TPSA) is 131 Å². The van der Waals surface area contributed by atoms with Crippen LogP contribution in [0.3, 0.4) is 0 Å².